The van der Waals surface area contributed by atoms with E-state index in [4.69, 9.17) is 4.74 Å². The Kier molecular flexibility index (Phi) is 5.83. The number of ether oxygens (including phenoxy) is 1. The van der Waals surface area contributed by atoms with Crippen LogP contribution in [0.25, 0.3) is 0 Å². The lowest BCUT2D eigenvalue weighted by Crippen LogP contribution is -2.22. The molecule has 1 aliphatic heterocycles. The summed E-state index contributed by atoms with van der Waals surface area (Å²) in [6.45, 7) is 9.79. The average Bonchev–Trinajstić information content (AvgIpc) is 2.16. The van der Waals surface area contributed by atoms with E-state index in [-0.39, 0.29) is 0 Å². The van der Waals surface area contributed by atoms with Crippen LogP contribution in [0.5, 0.6) is 0 Å². The van der Waals surface area contributed by atoms with Gasteiger partial charge in [-0.05, 0) is 52.4 Å². The first kappa shape index (κ1) is 13.5. The second kappa shape index (κ2) is 6.90. The first-order valence-corrected chi connectivity index (χ1v) is 6.50. The fourth-order valence-corrected chi connectivity index (χ4v) is 2.11. The Bertz CT molecular complexity index is 259. The van der Waals surface area contributed by atoms with E-state index in [0.29, 0.717) is 6.10 Å². The van der Waals surface area contributed by atoms with Crippen molar-refractivity contribution in [1.29, 1.82) is 0 Å². The van der Waals surface area contributed by atoms with Gasteiger partial charge in [0.25, 0.3) is 0 Å². The van der Waals surface area contributed by atoms with Crippen molar-refractivity contribution in [3.8, 4) is 0 Å². The quantitative estimate of drug-likeness (QED) is 0.637. The van der Waals surface area contributed by atoms with Crippen molar-refractivity contribution in [1.82, 2.24) is 0 Å². The maximum Gasteiger partial charge on any atom is 0.0760 e. The van der Waals surface area contributed by atoms with Crippen LogP contribution >= 0.6 is 0 Å². The zero-order valence-corrected chi connectivity index (χ0v) is 11.3. The lowest BCUT2D eigenvalue weighted by Gasteiger charge is -2.25. The monoisotopic (exact) mass is 222 g/mol. The molecule has 0 radical (unpaired) electrons. The van der Waals surface area contributed by atoms with E-state index >= 15 is 0 Å². The molecule has 92 valence electrons. The lowest BCUT2D eigenvalue weighted by molar-refractivity contribution is 0.0234. The Hall–Kier alpha value is -0.560. The van der Waals surface area contributed by atoms with Gasteiger partial charge in [-0.15, -0.1) is 0 Å². The molecule has 1 aliphatic rings. The van der Waals surface area contributed by atoms with Crippen LogP contribution in [-0.2, 0) is 4.74 Å². The summed E-state index contributed by atoms with van der Waals surface area (Å²) >= 11 is 0. The van der Waals surface area contributed by atoms with Gasteiger partial charge in [0.1, 0.15) is 0 Å². The third kappa shape index (κ3) is 5.50. The Morgan fingerprint density at radius 2 is 2.06 bits per heavy atom. The van der Waals surface area contributed by atoms with Crippen LogP contribution < -0.4 is 0 Å². The van der Waals surface area contributed by atoms with Crippen LogP contribution in [0, 0.1) is 5.92 Å². The van der Waals surface area contributed by atoms with Gasteiger partial charge >= 0.3 is 0 Å². The fraction of sp³-hybridized carbons (Fsp3) is 0.733. The Balaban J connectivity index is 2.34. The molecule has 1 saturated heterocycles. The predicted molar refractivity (Wildman–Crippen MR) is 70.6 cm³/mol. The molecule has 1 heterocycles. The minimum absolute atomic E-state index is 0.371. The summed E-state index contributed by atoms with van der Waals surface area (Å²) in [7, 11) is 0. The van der Waals surface area contributed by atoms with Crippen LogP contribution in [0.15, 0.2) is 23.3 Å². The van der Waals surface area contributed by atoms with Gasteiger partial charge in [-0.25, -0.2) is 0 Å². The molecule has 0 bridgehead atoms. The molecule has 1 rings (SSSR count). The Morgan fingerprint density at radius 1 is 1.31 bits per heavy atom. The van der Waals surface area contributed by atoms with Crippen molar-refractivity contribution in [2.45, 2.75) is 59.5 Å². The maximum atomic E-state index is 5.75. The minimum atomic E-state index is 0.371. The summed E-state index contributed by atoms with van der Waals surface area (Å²) in [6, 6.07) is 0. The van der Waals surface area contributed by atoms with Crippen LogP contribution in [0.4, 0.5) is 0 Å². The van der Waals surface area contributed by atoms with Crippen molar-refractivity contribution in [2.24, 2.45) is 5.92 Å². The number of allylic oxidation sites excluding steroid dienone is 3. The van der Waals surface area contributed by atoms with E-state index in [1.54, 1.807) is 0 Å². The molecular formula is C15H26O. The Labute approximate surface area is 101 Å². The molecule has 0 aromatic carbocycles. The summed E-state index contributed by atoms with van der Waals surface area (Å²) in [4.78, 5) is 0. The Morgan fingerprint density at radius 3 is 2.69 bits per heavy atom. The highest BCUT2D eigenvalue weighted by molar-refractivity contribution is 5.05. The first-order valence-electron chi connectivity index (χ1n) is 6.50. The van der Waals surface area contributed by atoms with E-state index in [0.717, 1.165) is 18.9 Å². The minimum Gasteiger partial charge on any atom is -0.374 e. The van der Waals surface area contributed by atoms with E-state index in [1.807, 2.05) is 0 Å². The summed E-state index contributed by atoms with van der Waals surface area (Å²) in [5, 5.41) is 0. The summed E-state index contributed by atoms with van der Waals surface area (Å²) < 4.78 is 5.75. The van der Waals surface area contributed by atoms with Gasteiger partial charge in [0.15, 0.2) is 0 Å². The molecule has 0 N–H and O–H groups in total. The highest BCUT2D eigenvalue weighted by atomic mass is 16.5. The number of rotatable bonds is 4. The van der Waals surface area contributed by atoms with Gasteiger partial charge in [0, 0.05) is 6.61 Å². The van der Waals surface area contributed by atoms with Crippen molar-refractivity contribution in [3.63, 3.8) is 0 Å². The highest BCUT2D eigenvalue weighted by Gasteiger charge is 2.17. The summed E-state index contributed by atoms with van der Waals surface area (Å²) in [5.74, 6) is 0.820. The fourth-order valence-electron chi connectivity index (χ4n) is 2.11. The third-order valence-electron chi connectivity index (χ3n) is 3.14. The van der Waals surface area contributed by atoms with Gasteiger partial charge < -0.3 is 4.74 Å². The zero-order valence-electron chi connectivity index (χ0n) is 11.3. The smallest absolute Gasteiger partial charge is 0.0760 e. The van der Waals surface area contributed by atoms with Crippen molar-refractivity contribution < 1.29 is 4.74 Å². The molecule has 0 amide bonds. The van der Waals surface area contributed by atoms with Crippen LogP contribution in [0.2, 0.25) is 0 Å². The highest BCUT2D eigenvalue weighted by Crippen LogP contribution is 2.21. The maximum absolute atomic E-state index is 5.75. The molecule has 2 atom stereocenters. The van der Waals surface area contributed by atoms with E-state index in [1.165, 1.54) is 30.4 Å². The van der Waals surface area contributed by atoms with Crippen molar-refractivity contribution >= 4 is 0 Å². The zero-order chi connectivity index (χ0) is 12.0. The third-order valence-corrected chi connectivity index (χ3v) is 3.14. The second-order valence-electron chi connectivity index (χ2n) is 5.37. The SMILES string of the molecule is CC(C)=CCC/C(C)=C/[C@H]1C[C@@H](C)CCO1. The molecule has 1 nitrogen and oxygen atoms in total. The molecule has 0 aromatic heterocycles. The van der Waals surface area contributed by atoms with Gasteiger partial charge in [0.2, 0.25) is 0 Å². The van der Waals surface area contributed by atoms with Gasteiger partial charge in [0.05, 0.1) is 6.10 Å². The van der Waals surface area contributed by atoms with E-state index in [9.17, 15) is 0 Å². The standard InChI is InChI=1S/C15H26O/c1-12(2)6-5-7-13(3)10-15-11-14(4)8-9-16-15/h6,10,14-15H,5,7-9,11H2,1-4H3/b13-10+/t14-,15-/m0/s1. The van der Waals surface area contributed by atoms with Gasteiger partial charge in [-0.1, -0.05) is 30.2 Å². The molecule has 0 aliphatic carbocycles. The molecule has 16 heavy (non-hydrogen) atoms. The largest absolute Gasteiger partial charge is 0.374 e. The molecule has 1 fully saturated rings. The van der Waals surface area contributed by atoms with Crippen LogP contribution in [-0.4, -0.2) is 12.7 Å². The molecule has 0 aromatic rings. The second-order valence-corrected chi connectivity index (χ2v) is 5.37. The molecular weight excluding hydrogens is 196 g/mol. The molecule has 1 heteroatoms. The predicted octanol–water partition coefficient (Wildman–Crippen LogP) is 4.49. The average molecular weight is 222 g/mol. The normalized spacial score (nSPS) is 26.6. The van der Waals surface area contributed by atoms with Crippen LogP contribution in [0.3, 0.4) is 0 Å². The van der Waals surface area contributed by atoms with E-state index < -0.39 is 0 Å². The molecule has 0 unspecified atom stereocenters. The first-order chi connectivity index (χ1) is 7.58. The lowest BCUT2D eigenvalue weighted by atomic mass is 9.96. The topological polar surface area (TPSA) is 9.23 Å². The van der Waals surface area contributed by atoms with Gasteiger partial charge in [-0.2, -0.15) is 0 Å². The number of hydrogen-bond acceptors (Lipinski definition) is 1. The molecule has 0 saturated carbocycles. The van der Waals surface area contributed by atoms with Gasteiger partial charge in [-0.3, -0.25) is 0 Å². The van der Waals surface area contributed by atoms with E-state index in [2.05, 4.69) is 39.8 Å². The van der Waals surface area contributed by atoms with Crippen molar-refractivity contribution in [2.75, 3.05) is 6.61 Å². The van der Waals surface area contributed by atoms with Crippen molar-refractivity contribution in [3.05, 3.63) is 23.3 Å². The summed E-state index contributed by atoms with van der Waals surface area (Å²) in [5.41, 5.74) is 2.88. The molecule has 0 spiro atoms. The number of hydrogen-bond donors (Lipinski definition) is 0. The summed E-state index contributed by atoms with van der Waals surface area (Å²) in [6.07, 6.45) is 9.75. The van der Waals surface area contributed by atoms with Crippen LogP contribution in [0.1, 0.15) is 53.4 Å².